The van der Waals surface area contributed by atoms with Gasteiger partial charge in [0.25, 0.3) is 0 Å². The molecule has 0 bridgehead atoms. The minimum atomic E-state index is 0.643. The Balaban J connectivity index is 1.86. The zero-order chi connectivity index (χ0) is 9.97. The number of halogens is 1. The summed E-state index contributed by atoms with van der Waals surface area (Å²) in [7, 11) is 0. The highest BCUT2D eigenvalue weighted by molar-refractivity contribution is 9.11. The fourth-order valence-corrected chi connectivity index (χ4v) is 3.08. The molecular weight excluding hydrogens is 260 g/mol. The van der Waals surface area contributed by atoms with Gasteiger partial charge in [-0.15, -0.1) is 0 Å². The quantitative estimate of drug-likeness (QED) is 0.885. The molecule has 0 radical (unpaired) electrons. The molecular formula is C10H15BrN2S. The van der Waals surface area contributed by atoms with Crippen molar-refractivity contribution < 1.29 is 0 Å². The van der Waals surface area contributed by atoms with Crippen molar-refractivity contribution in [1.29, 1.82) is 0 Å². The molecule has 2 rings (SSSR count). The van der Waals surface area contributed by atoms with E-state index in [1.165, 1.54) is 25.7 Å². The second-order valence-electron chi connectivity index (χ2n) is 4.07. The van der Waals surface area contributed by atoms with Gasteiger partial charge in [0.15, 0.2) is 5.13 Å². The summed E-state index contributed by atoms with van der Waals surface area (Å²) in [5.74, 6) is 0.913. The first-order chi connectivity index (χ1) is 6.74. The number of nitrogens with one attached hydrogen (secondary N) is 1. The largest absolute Gasteiger partial charge is 0.359 e. The minimum Gasteiger partial charge on any atom is -0.359 e. The van der Waals surface area contributed by atoms with Gasteiger partial charge in [0.1, 0.15) is 0 Å². The molecule has 4 heteroatoms. The molecule has 0 unspecified atom stereocenters. The third-order valence-electron chi connectivity index (χ3n) is 2.82. The Kier molecular flexibility index (Phi) is 3.44. The Labute approximate surface area is 97.3 Å². The lowest BCUT2D eigenvalue weighted by Gasteiger charge is -2.26. The van der Waals surface area contributed by atoms with Crippen LogP contribution < -0.4 is 5.32 Å². The normalized spacial score (nSPS) is 27.6. The molecule has 1 aliphatic rings. The van der Waals surface area contributed by atoms with Crippen LogP contribution in [0.1, 0.15) is 32.6 Å². The van der Waals surface area contributed by atoms with Gasteiger partial charge in [-0.1, -0.05) is 18.3 Å². The summed E-state index contributed by atoms with van der Waals surface area (Å²) in [5, 5.41) is 4.55. The van der Waals surface area contributed by atoms with E-state index < -0.39 is 0 Å². The number of aromatic nitrogens is 1. The van der Waals surface area contributed by atoms with Crippen LogP contribution in [0.25, 0.3) is 0 Å². The lowest BCUT2D eigenvalue weighted by atomic mass is 9.87. The molecule has 14 heavy (non-hydrogen) atoms. The highest BCUT2D eigenvalue weighted by Crippen LogP contribution is 2.29. The van der Waals surface area contributed by atoms with E-state index in [1.54, 1.807) is 11.3 Å². The molecule has 0 amide bonds. The summed E-state index contributed by atoms with van der Waals surface area (Å²) in [4.78, 5) is 4.29. The van der Waals surface area contributed by atoms with E-state index in [0.29, 0.717) is 6.04 Å². The summed E-state index contributed by atoms with van der Waals surface area (Å²) in [5.41, 5.74) is 0. The van der Waals surface area contributed by atoms with Gasteiger partial charge in [-0.3, -0.25) is 0 Å². The first-order valence-corrected chi connectivity index (χ1v) is 6.73. The van der Waals surface area contributed by atoms with Crippen molar-refractivity contribution in [3.63, 3.8) is 0 Å². The Bertz CT molecular complexity index is 292. The SMILES string of the molecule is CC1CCC(Nc2ncc(Br)s2)CC1. The van der Waals surface area contributed by atoms with Gasteiger partial charge in [0.2, 0.25) is 0 Å². The topological polar surface area (TPSA) is 24.9 Å². The molecule has 1 heterocycles. The molecule has 1 aromatic heterocycles. The lowest BCUT2D eigenvalue weighted by Crippen LogP contribution is -2.24. The van der Waals surface area contributed by atoms with Crippen LogP contribution >= 0.6 is 27.3 Å². The highest BCUT2D eigenvalue weighted by Gasteiger charge is 2.18. The number of nitrogens with zero attached hydrogens (tertiary/aromatic N) is 1. The third-order valence-corrected chi connectivity index (χ3v) is 4.23. The highest BCUT2D eigenvalue weighted by atomic mass is 79.9. The van der Waals surface area contributed by atoms with Gasteiger partial charge >= 0.3 is 0 Å². The van der Waals surface area contributed by atoms with Crippen molar-refractivity contribution in [2.75, 3.05) is 5.32 Å². The number of hydrogen-bond acceptors (Lipinski definition) is 3. The molecule has 2 nitrogen and oxygen atoms in total. The van der Waals surface area contributed by atoms with Crippen LogP contribution in [0.5, 0.6) is 0 Å². The van der Waals surface area contributed by atoms with Crippen LogP contribution in [0, 0.1) is 5.92 Å². The fraction of sp³-hybridized carbons (Fsp3) is 0.700. The second kappa shape index (κ2) is 4.62. The monoisotopic (exact) mass is 274 g/mol. The molecule has 0 atom stereocenters. The van der Waals surface area contributed by atoms with Crippen molar-refractivity contribution >= 4 is 32.4 Å². The molecule has 0 aromatic carbocycles. The minimum absolute atomic E-state index is 0.643. The maximum Gasteiger partial charge on any atom is 0.183 e. The van der Waals surface area contributed by atoms with Crippen LogP contribution in [0.3, 0.4) is 0 Å². The van der Waals surface area contributed by atoms with Crippen LogP contribution in [0.4, 0.5) is 5.13 Å². The van der Waals surface area contributed by atoms with Crippen molar-refractivity contribution in [1.82, 2.24) is 4.98 Å². The Morgan fingerprint density at radius 1 is 1.43 bits per heavy atom. The zero-order valence-corrected chi connectivity index (χ0v) is 10.7. The van der Waals surface area contributed by atoms with E-state index in [2.05, 4.69) is 33.2 Å². The number of rotatable bonds is 2. The van der Waals surface area contributed by atoms with Crippen LogP contribution in [-0.4, -0.2) is 11.0 Å². The zero-order valence-electron chi connectivity index (χ0n) is 8.29. The Hall–Kier alpha value is -0.0900. The van der Waals surface area contributed by atoms with Gasteiger partial charge in [-0.25, -0.2) is 4.98 Å². The number of hydrogen-bond donors (Lipinski definition) is 1. The summed E-state index contributed by atoms with van der Waals surface area (Å²) in [6.07, 6.45) is 7.14. The molecule has 0 saturated heterocycles. The maximum absolute atomic E-state index is 4.29. The van der Waals surface area contributed by atoms with Gasteiger partial charge < -0.3 is 5.32 Å². The molecule has 1 saturated carbocycles. The molecule has 1 aliphatic carbocycles. The van der Waals surface area contributed by atoms with E-state index >= 15 is 0 Å². The van der Waals surface area contributed by atoms with Gasteiger partial charge in [-0.05, 0) is 47.5 Å². The summed E-state index contributed by atoms with van der Waals surface area (Å²) in [6.45, 7) is 2.34. The average molecular weight is 275 g/mol. The van der Waals surface area contributed by atoms with Gasteiger partial charge in [0.05, 0.1) is 9.98 Å². The van der Waals surface area contributed by atoms with E-state index in [-0.39, 0.29) is 0 Å². The number of thiazole rings is 1. The molecule has 1 N–H and O–H groups in total. The fourth-order valence-electron chi connectivity index (χ4n) is 1.90. The molecule has 1 aromatic rings. The van der Waals surface area contributed by atoms with E-state index in [1.807, 2.05) is 6.20 Å². The van der Waals surface area contributed by atoms with E-state index in [0.717, 1.165) is 14.8 Å². The maximum atomic E-state index is 4.29. The standard InChI is InChI=1S/C10H15BrN2S/c1-7-2-4-8(5-3-7)13-10-12-6-9(11)14-10/h6-8H,2-5H2,1H3,(H,12,13). The predicted molar refractivity (Wildman–Crippen MR) is 64.9 cm³/mol. The number of anilines is 1. The van der Waals surface area contributed by atoms with Gasteiger partial charge in [0, 0.05) is 6.04 Å². The molecule has 0 spiro atoms. The van der Waals surface area contributed by atoms with Crippen LogP contribution in [0.15, 0.2) is 9.98 Å². The summed E-state index contributed by atoms with van der Waals surface area (Å²) >= 11 is 5.10. The Morgan fingerprint density at radius 3 is 2.71 bits per heavy atom. The summed E-state index contributed by atoms with van der Waals surface area (Å²) < 4.78 is 1.10. The second-order valence-corrected chi connectivity index (χ2v) is 6.48. The summed E-state index contributed by atoms with van der Waals surface area (Å²) in [6, 6.07) is 0.643. The molecule has 1 fully saturated rings. The van der Waals surface area contributed by atoms with Crippen molar-refractivity contribution in [2.45, 2.75) is 38.6 Å². The first kappa shape index (κ1) is 10.4. The smallest absolute Gasteiger partial charge is 0.183 e. The van der Waals surface area contributed by atoms with Gasteiger partial charge in [-0.2, -0.15) is 0 Å². The first-order valence-electron chi connectivity index (χ1n) is 5.12. The van der Waals surface area contributed by atoms with Crippen LogP contribution in [0.2, 0.25) is 0 Å². The third kappa shape index (κ3) is 2.70. The average Bonchev–Trinajstić information content (AvgIpc) is 2.56. The molecule has 0 aliphatic heterocycles. The van der Waals surface area contributed by atoms with Crippen molar-refractivity contribution in [2.24, 2.45) is 5.92 Å². The van der Waals surface area contributed by atoms with E-state index in [4.69, 9.17) is 0 Å². The predicted octanol–water partition coefficient (Wildman–Crippen LogP) is 3.90. The van der Waals surface area contributed by atoms with E-state index in [9.17, 15) is 0 Å². The lowest BCUT2D eigenvalue weighted by molar-refractivity contribution is 0.361. The van der Waals surface area contributed by atoms with Crippen LogP contribution in [-0.2, 0) is 0 Å². The Morgan fingerprint density at radius 2 is 2.14 bits per heavy atom. The van der Waals surface area contributed by atoms with Crippen molar-refractivity contribution in [3.05, 3.63) is 9.98 Å². The molecule has 78 valence electrons. The van der Waals surface area contributed by atoms with Crippen molar-refractivity contribution in [3.8, 4) is 0 Å².